The van der Waals surface area contributed by atoms with Crippen molar-refractivity contribution in [2.24, 2.45) is 5.73 Å². The molecule has 0 unspecified atom stereocenters. The Morgan fingerprint density at radius 3 is 2.76 bits per heavy atom. The second-order valence-electron chi connectivity index (χ2n) is 5.28. The summed E-state index contributed by atoms with van der Waals surface area (Å²) in [6, 6.07) is 0.287. The van der Waals surface area contributed by atoms with Crippen LogP contribution in [0, 0.1) is 0 Å². The lowest BCUT2D eigenvalue weighted by atomic mass is 9.79. The minimum Gasteiger partial charge on any atom is -0.370 e. The molecule has 0 aliphatic heterocycles. The maximum Gasteiger partial charge on any atom is 0.229 e. The molecule has 1 aromatic rings. The second kappa shape index (κ2) is 4.07. The Kier molecular flexibility index (Phi) is 2.67. The van der Waals surface area contributed by atoms with Gasteiger partial charge in [0.15, 0.2) is 0 Å². The van der Waals surface area contributed by atoms with Crippen LogP contribution >= 0.6 is 0 Å². The highest BCUT2D eigenvalue weighted by atomic mass is 16.5. The summed E-state index contributed by atoms with van der Waals surface area (Å²) in [5.41, 5.74) is 5.63. The fourth-order valence-corrected chi connectivity index (χ4v) is 2.84. The van der Waals surface area contributed by atoms with Crippen LogP contribution in [0.5, 0.6) is 0 Å². The number of aromatic nitrogens is 2. The smallest absolute Gasteiger partial charge is 0.229 e. The van der Waals surface area contributed by atoms with Gasteiger partial charge < -0.3 is 15.0 Å². The van der Waals surface area contributed by atoms with Crippen molar-refractivity contribution < 1.29 is 9.26 Å². The van der Waals surface area contributed by atoms with Gasteiger partial charge in [-0.25, -0.2) is 0 Å². The third-order valence-corrected chi connectivity index (χ3v) is 4.22. The number of ether oxygens (including phenoxy) is 1. The first kappa shape index (κ1) is 11.2. The standard InChI is InChI=1S/C12H19N3O2/c1-16-12(5-2-6-12)11-14-10(17-15-11)8-3-4-9(13)7-8/h8-9H,2-7,13H2,1H3/t8-,9+/m1/s1. The number of hydrogen-bond donors (Lipinski definition) is 1. The van der Waals surface area contributed by atoms with Crippen LogP contribution in [0.2, 0.25) is 0 Å². The SMILES string of the molecule is COC1(c2noc([C@@H]3CC[C@H](N)C3)n2)CCC1. The first-order valence-electron chi connectivity index (χ1n) is 6.38. The highest BCUT2D eigenvalue weighted by molar-refractivity contribution is 5.09. The predicted octanol–water partition coefficient (Wildman–Crippen LogP) is 1.69. The molecule has 94 valence electrons. The Labute approximate surface area is 101 Å². The normalized spacial score (nSPS) is 31.4. The second-order valence-corrected chi connectivity index (χ2v) is 5.28. The van der Waals surface area contributed by atoms with Crippen molar-refractivity contribution in [3.63, 3.8) is 0 Å². The molecular formula is C12H19N3O2. The third-order valence-electron chi connectivity index (χ3n) is 4.22. The van der Waals surface area contributed by atoms with E-state index in [0.29, 0.717) is 5.92 Å². The lowest BCUT2D eigenvalue weighted by Gasteiger charge is -2.37. The lowest BCUT2D eigenvalue weighted by molar-refractivity contribution is -0.0858. The van der Waals surface area contributed by atoms with Gasteiger partial charge in [0, 0.05) is 19.1 Å². The largest absolute Gasteiger partial charge is 0.370 e. The molecule has 0 radical (unpaired) electrons. The van der Waals surface area contributed by atoms with E-state index in [-0.39, 0.29) is 11.6 Å². The molecule has 5 nitrogen and oxygen atoms in total. The number of methoxy groups -OCH3 is 1. The molecule has 0 bridgehead atoms. The van der Waals surface area contributed by atoms with Crippen molar-refractivity contribution >= 4 is 0 Å². The molecule has 2 aliphatic carbocycles. The maximum absolute atomic E-state index is 5.90. The topological polar surface area (TPSA) is 74.2 Å². The van der Waals surface area contributed by atoms with Crippen LogP contribution in [0.4, 0.5) is 0 Å². The minimum absolute atomic E-state index is 0.275. The van der Waals surface area contributed by atoms with Crippen LogP contribution in [0.1, 0.15) is 56.2 Å². The lowest BCUT2D eigenvalue weighted by Crippen LogP contribution is -2.37. The van der Waals surface area contributed by atoms with Gasteiger partial charge >= 0.3 is 0 Å². The van der Waals surface area contributed by atoms with Crippen LogP contribution in [0.3, 0.4) is 0 Å². The summed E-state index contributed by atoms with van der Waals surface area (Å²) in [4.78, 5) is 4.53. The number of nitrogens with two attached hydrogens (primary N) is 1. The molecule has 2 fully saturated rings. The molecule has 2 aliphatic rings. The molecule has 0 aromatic carbocycles. The van der Waals surface area contributed by atoms with Gasteiger partial charge in [0.05, 0.1) is 0 Å². The van der Waals surface area contributed by atoms with Crippen molar-refractivity contribution in [3.8, 4) is 0 Å². The number of hydrogen-bond acceptors (Lipinski definition) is 5. The Bertz CT molecular complexity index is 395. The molecule has 0 saturated heterocycles. The highest BCUT2D eigenvalue weighted by Gasteiger charge is 2.43. The molecule has 2 saturated carbocycles. The monoisotopic (exact) mass is 237 g/mol. The van der Waals surface area contributed by atoms with E-state index in [1.807, 2.05) is 0 Å². The minimum atomic E-state index is -0.275. The molecular weight excluding hydrogens is 218 g/mol. The number of nitrogens with zero attached hydrogens (tertiary/aromatic N) is 2. The van der Waals surface area contributed by atoms with E-state index in [1.54, 1.807) is 7.11 Å². The summed E-state index contributed by atoms with van der Waals surface area (Å²) in [5, 5.41) is 4.10. The van der Waals surface area contributed by atoms with Gasteiger partial charge in [-0.2, -0.15) is 4.98 Å². The third kappa shape index (κ3) is 1.77. The Morgan fingerprint density at radius 2 is 2.24 bits per heavy atom. The molecule has 3 rings (SSSR count). The van der Waals surface area contributed by atoms with E-state index in [1.165, 1.54) is 6.42 Å². The average Bonchev–Trinajstić information content (AvgIpc) is 2.86. The summed E-state index contributed by atoms with van der Waals surface area (Å²) < 4.78 is 10.9. The van der Waals surface area contributed by atoms with E-state index in [0.717, 1.165) is 43.8 Å². The molecule has 0 amide bonds. The Balaban J connectivity index is 1.78. The van der Waals surface area contributed by atoms with E-state index in [9.17, 15) is 0 Å². The zero-order chi connectivity index (χ0) is 11.9. The summed E-state index contributed by atoms with van der Waals surface area (Å²) in [7, 11) is 1.72. The Morgan fingerprint density at radius 1 is 1.41 bits per heavy atom. The van der Waals surface area contributed by atoms with Crippen molar-refractivity contribution in [2.75, 3.05) is 7.11 Å². The fraction of sp³-hybridized carbons (Fsp3) is 0.833. The summed E-state index contributed by atoms with van der Waals surface area (Å²) >= 11 is 0. The van der Waals surface area contributed by atoms with Crippen molar-refractivity contribution in [1.82, 2.24) is 10.1 Å². The van der Waals surface area contributed by atoms with Crippen LogP contribution in [0.25, 0.3) is 0 Å². The van der Waals surface area contributed by atoms with Crippen molar-refractivity contribution in [1.29, 1.82) is 0 Å². The maximum atomic E-state index is 5.90. The van der Waals surface area contributed by atoms with Crippen LogP contribution in [0.15, 0.2) is 4.52 Å². The van der Waals surface area contributed by atoms with Gasteiger partial charge in [0.25, 0.3) is 0 Å². The molecule has 1 aromatic heterocycles. The van der Waals surface area contributed by atoms with Gasteiger partial charge in [-0.1, -0.05) is 5.16 Å². The molecule has 2 N–H and O–H groups in total. The van der Waals surface area contributed by atoms with Gasteiger partial charge in [0.1, 0.15) is 5.60 Å². The van der Waals surface area contributed by atoms with Crippen molar-refractivity contribution in [2.45, 2.75) is 56.1 Å². The van der Waals surface area contributed by atoms with Crippen LogP contribution in [-0.2, 0) is 10.3 Å². The number of rotatable bonds is 3. The summed E-state index contributed by atoms with van der Waals surface area (Å²) in [6.45, 7) is 0. The van der Waals surface area contributed by atoms with Gasteiger partial charge in [-0.15, -0.1) is 0 Å². The van der Waals surface area contributed by atoms with E-state index >= 15 is 0 Å². The molecule has 2 atom stereocenters. The van der Waals surface area contributed by atoms with E-state index in [4.69, 9.17) is 15.0 Å². The first-order valence-corrected chi connectivity index (χ1v) is 6.38. The van der Waals surface area contributed by atoms with E-state index < -0.39 is 0 Å². The van der Waals surface area contributed by atoms with Gasteiger partial charge in [-0.05, 0) is 38.5 Å². The van der Waals surface area contributed by atoms with E-state index in [2.05, 4.69) is 10.1 Å². The fourth-order valence-electron chi connectivity index (χ4n) is 2.84. The summed E-state index contributed by atoms with van der Waals surface area (Å²) in [6.07, 6.45) is 6.23. The molecule has 17 heavy (non-hydrogen) atoms. The predicted molar refractivity (Wildman–Crippen MR) is 61.4 cm³/mol. The highest BCUT2D eigenvalue weighted by Crippen LogP contribution is 2.43. The van der Waals surface area contributed by atoms with Gasteiger partial charge in [-0.3, -0.25) is 0 Å². The molecule has 5 heteroatoms. The summed E-state index contributed by atoms with van der Waals surface area (Å²) in [5.74, 6) is 1.82. The van der Waals surface area contributed by atoms with Crippen LogP contribution in [-0.4, -0.2) is 23.3 Å². The molecule has 0 spiro atoms. The molecule has 1 heterocycles. The average molecular weight is 237 g/mol. The van der Waals surface area contributed by atoms with Gasteiger partial charge in [0.2, 0.25) is 11.7 Å². The zero-order valence-corrected chi connectivity index (χ0v) is 10.2. The first-order chi connectivity index (χ1) is 8.23. The quantitative estimate of drug-likeness (QED) is 0.865. The Hall–Kier alpha value is -0.940. The van der Waals surface area contributed by atoms with Crippen molar-refractivity contribution in [3.05, 3.63) is 11.7 Å². The zero-order valence-electron chi connectivity index (χ0n) is 10.2. The van der Waals surface area contributed by atoms with Crippen LogP contribution < -0.4 is 5.73 Å².